The van der Waals surface area contributed by atoms with Gasteiger partial charge in [0, 0.05) is 23.1 Å². The topological polar surface area (TPSA) is 42.2 Å². The molecule has 3 heteroatoms. The van der Waals surface area contributed by atoms with Gasteiger partial charge in [-0.3, -0.25) is 4.79 Å². The van der Waals surface area contributed by atoms with E-state index in [0.29, 0.717) is 0 Å². The van der Waals surface area contributed by atoms with E-state index in [4.69, 9.17) is 0 Å². The number of benzene rings is 1. The van der Waals surface area contributed by atoms with Crippen LogP contribution >= 0.6 is 0 Å². The van der Waals surface area contributed by atoms with Gasteiger partial charge in [-0.05, 0) is 45.4 Å². The maximum absolute atomic E-state index is 11.4. The average molecular weight is 245 g/mol. The van der Waals surface area contributed by atoms with Gasteiger partial charge in [-0.15, -0.1) is 0 Å². The monoisotopic (exact) mass is 245 g/mol. The zero-order valence-corrected chi connectivity index (χ0v) is 11.3. The SMILES string of the molecule is CCn1c(C(C)(C)C(=O)O)cc2c(C)cccc21. The first-order chi connectivity index (χ1) is 8.39. The lowest BCUT2D eigenvalue weighted by Gasteiger charge is -2.21. The summed E-state index contributed by atoms with van der Waals surface area (Å²) in [5.41, 5.74) is 2.28. The largest absolute Gasteiger partial charge is 0.481 e. The normalized spacial score (nSPS) is 12.0. The van der Waals surface area contributed by atoms with Crippen LogP contribution < -0.4 is 0 Å². The van der Waals surface area contributed by atoms with Crippen LogP contribution in [0.5, 0.6) is 0 Å². The summed E-state index contributed by atoms with van der Waals surface area (Å²) in [6.45, 7) is 8.39. The molecule has 1 aromatic carbocycles. The van der Waals surface area contributed by atoms with Crippen molar-refractivity contribution in [2.45, 2.75) is 39.7 Å². The van der Waals surface area contributed by atoms with E-state index in [1.165, 1.54) is 5.56 Å². The molecule has 0 saturated heterocycles. The summed E-state index contributed by atoms with van der Waals surface area (Å²) >= 11 is 0. The quantitative estimate of drug-likeness (QED) is 0.901. The van der Waals surface area contributed by atoms with Gasteiger partial charge in [-0.2, -0.15) is 0 Å². The molecule has 1 N–H and O–H groups in total. The molecular weight excluding hydrogens is 226 g/mol. The predicted octanol–water partition coefficient (Wildman–Crippen LogP) is 3.33. The van der Waals surface area contributed by atoms with Crippen molar-refractivity contribution in [3.63, 3.8) is 0 Å². The van der Waals surface area contributed by atoms with Crippen molar-refractivity contribution >= 4 is 16.9 Å². The van der Waals surface area contributed by atoms with Crippen molar-refractivity contribution in [3.8, 4) is 0 Å². The minimum atomic E-state index is -0.874. The van der Waals surface area contributed by atoms with E-state index in [0.717, 1.165) is 23.1 Å². The third-order valence-corrected chi connectivity index (χ3v) is 3.66. The fourth-order valence-electron chi connectivity index (χ4n) is 2.40. The van der Waals surface area contributed by atoms with Crippen molar-refractivity contribution in [3.05, 3.63) is 35.5 Å². The van der Waals surface area contributed by atoms with E-state index >= 15 is 0 Å². The molecule has 96 valence electrons. The van der Waals surface area contributed by atoms with E-state index in [1.54, 1.807) is 13.8 Å². The van der Waals surface area contributed by atoms with E-state index < -0.39 is 11.4 Å². The molecule has 0 spiro atoms. The van der Waals surface area contributed by atoms with Gasteiger partial charge in [-0.1, -0.05) is 12.1 Å². The smallest absolute Gasteiger partial charge is 0.315 e. The molecule has 0 bridgehead atoms. The third-order valence-electron chi connectivity index (χ3n) is 3.66. The third kappa shape index (κ3) is 1.70. The number of aromatic nitrogens is 1. The Bertz CT molecular complexity index is 608. The number of fused-ring (bicyclic) bond motifs is 1. The van der Waals surface area contributed by atoms with Gasteiger partial charge in [0.25, 0.3) is 0 Å². The number of hydrogen-bond donors (Lipinski definition) is 1. The highest BCUT2D eigenvalue weighted by Crippen LogP contribution is 2.31. The summed E-state index contributed by atoms with van der Waals surface area (Å²) in [6, 6.07) is 8.14. The molecule has 0 amide bonds. The second-order valence-corrected chi connectivity index (χ2v) is 5.21. The summed E-state index contributed by atoms with van der Waals surface area (Å²) in [5.74, 6) is -0.794. The minimum Gasteiger partial charge on any atom is -0.481 e. The van der Waals surface area contributed by atoms with Crippen molar-refractivity contribution in [1.82, 2.24) is 4.57 Å². The van der Waals surface area contributed by atoms with Gasteiger partial charge in [0.2, 0.25) is 0 Å². The number of nitrogens with zero attached hydrogens (tertiary/aromatic N) is 1. The highest BCUT2D eigenvalue weighted by atomic mass is 16.4. The molecule has 0 aliphatic heterocycles. The fourth-order valence-corrected chi connectivity index (χ4v) is 2.40. The van der Waals surface area contributed by atoms with E-state index in [-0.39, 0.29) is 0 Å². The Kier molecular flexibility index (Phi) is 2.93. The lowest BCUT2D eigenvalue weighted by molar-refractivity contribution is -0.142. The first-order valence-corrected chi connectivity index (χ1v) is 6.22. The number of rotatable bonds is 3. The molecule has 2 rings (SSSR count). The summed E-state index contributed by atoms with van der Waals surface area (Å²) < 4.78 is 2.09. The van der Waals surface area contributed by atoms with Gasteiger partial charge < -0.3 is 9.67 Å². The summed E-state index contributed by atoms with van der Waals surface area (Å²) in [7, 11) is 0. The molecule has 0 aliphatic rings. The zero-order chi connectivity index (χ0) is 13.5. The standard InChI is InChI=1S/C15H19NO2/c1-5-16-12-8-6-7-10(2)11(12)9-13(16)15(3,4)14(17)18/h6-9H,5H2,1-4H3,(H,17,18). The Morgan fingerprint density at radius 3 is 2.61 bits per heavy atom. The van der Waals surface area contributed by atoms with E-state index in [1.807, 2.05) is 25.1 Å². The highest BCUT2D eigenvalue weighted by molar-refractivity contribution is 5.88. The fraction of sp³-hybridized carbons (Fsp3) is 0.400. The van der Waals surface area contributed by atoms with Gasteiger partial charge in [0.05, 0.1) is 0 Å². The van der Waals surface area contributed by atoms with Crippen LogP contribution in [0.3, 0.4) is 0 Å². The first kappa shape index (κ1) is 12.7. The van der Waals surface area contributed by atoms with Crippen molar-refractivity contribution < 1.29 is 9.90 Å². The molecule has 1 aromatic heterocycles. The second-order valence-electron chi connectivity index (χ2n) is 5.21. The number of carbonyl (C=O) groups is 1. The number of carboxylic acid groups (broad SMARTS) is 1. The first-order valence-electron chi connectivity index (χ1n) is 6.22. The maximum Gasteiger partial charge on any atom is 0.315 e. The Morgan fingerprint density at radius 1 is 1.39 bits per heavy atom. The van der Waals surface area contributed by atoms with Crippen LogP contribution in [0.1, 0.15) is 32.0 Å². The van der Waals surface area contributed by atoms with Gasteiger partial charge in [0.15, 0.2) is 0 Å². The Hall–Kier alpha value is -1.77. The van der Waals surface area contributed by atoms with Crippen LogP contribution in [0.4, 0.5) is 0 Å². The van der Waals surface area contributed by atoms with Crippen LogP contribution in [0, 0.1) is 6.92 Å². The molecule has 0 fully saturated rings. The molecule has 0 aliphatic carbocycles. The molecule has 0 radical (unpaired) electrons. The second kappa shape index (κ2) is 4.16. The number of carboxylic acids is 1. The molecule has 3 nitrogen and oxygen atoms in total. The lowest BCUT2D eigenvalue weighted by atomic mass is 9.89. The Labute approximate surface area is 107 Å². The number of aliphatic carboxylic acids is 1. The summed E-state index contributed by atoms with van der Waals surface area (Å²) in [4.78, 5) is 11.4. The average Bonchev–Trinajstić information content (AvgIpc) is 2.69. The highest BCUT2D eigenvalue weighted by Gasteiger charge is 2.33. The van der Waals surface area contributed by atoms with Crippen LogP contribution in [0.15, 0.2) is 24.3 Å². The van der Waals surface area contributed by atoms with Gasteiger partial charge in [0.1, 0.15) is 5.41 Å². The summed E-state index contributed by atoms with van der Waals surface area (Å²) in [5, 5.41) is 10.5. The maximum atomic E-state index is 11.4. The zero-order valence-electron chi connectivity index (χ0n) is 11.3. The van der Waals surface area contributed by atoms with E-state index in [2.05, 4.69) is 17.6 Å². The molecular formula is C15H19NO2. The lowest BCUT2D eigenvalue weighted by Crippen LogP contribution is -2.31. The van der Waals surface area contributed by atoms with Crippen LogP contribution in [0.25, 0.3) is 10.9 Å². The molecule has 0 unspecified atom stereocenters. The molecule has 18 heavy (non-hydrogen) atoms. The van der Waals surface area contributed by atoms with Gasteiger partial charge >= 0.3 is 5.97 Å². The summed E-state index contributed by atoms with van der Waals surface area (Å²) in [6.07, 6.45) is 0. The van der Waals surface area contributed by atoms with Crippen LogP contribution in [0.2, 0.25) is 0 Å². The molecule has 0 atom stereocenters. The van der Waals surface area contributed by atoms with E-state index in [9.17, 15) is 9.90 Å². The van der Waals surface area contributed by atoms with Crippen molar-refractivity contribution in [1.29, 1.82) is 0 Å². The number of aryl methyl sites for hydroxylation is 2. The molecule has 2 aromatic rings. The van der Waals surface area contributed by atoms with Gasteiger partial charge in [-0.25, -0.2) is 0 Å². The molecule has 1 heterocycles. The van der Waals surface area contributed by atoms with Crippen LogP contribution in [-0.4, -0.2) is 15.6 Å². The number of hydrogen-bond acceptors (Lipinski definition) is 1. The van der Waals surface area contributed by atoms with Crippen LogP contribution in [-0.2, 0) is 16.8 Å². The predicted molar refractivity (Wildman–Crippen MR) is 73.0 cm³/mol. The Balaban J connectivity index is 2.80. The van der Waals surface area contributed by atoms with Crippen molar-refractivity contribution in [2.24, 2.45) is 0 Å². The minimum absolute atomic E-state index is 0.777. The van der Waals surface area contributed by atoms with Crippen molar-refractivity contribution in [2.75, 3.05) is 0 Å². The molecule has 0 saturated carbocycles. The Morgan fingerprint density at radius 2 is 2.06 bits per heavy atom.